The minimum absolute atomic E-state index is 0.0640. The van der Waals surface area contributed by atoms with E-state index in [1.54, 1.807) is 11.3 Å². The van der Waals surface area contributed by atoms with Gasteiger partial charge in [0.05, 0.1) is 55.7 Å². The van der Waals surface area contributed by atoms with E-state index in [9.17, 15) is 44.0 Å². The number of nitro groups is 1. The number of nitro benzene ring substituents is 1. The Morgan fingerprint density at radius 3 is 2.53 bits per heavy atom. The SMILES string of the molecule is C=CC[C@H]1C(=O)C(C)(C)[C@@H](O)CC(=O)O[C@H](c2ccc3sc(C)nc3c2)C[C@H]2O[C@@]2(C)CCC[C@H](C)[C@@H]1OC(=O)OCc1ccc(OC(=O)CCCCCN2C(=O)C=CC2=O)c([N+](=O)[O-])c1. The summed E-state index contributed by atoms with van der Waals surface area (Å²) in [7, 11) is 0. The number of aryl methyl sites for hydroxylation is 1. The minimum atomic E-state index is -1.52. The van der Waals surface area contributed by atoms with E-state index in [0.29, 0.717) is 44.9 Å². The van der Waals surface area contributed by atoms with Crippen LogP contribution < -0.4 is 4.74 Å². The number of amides is 2. The molecule has 3 aromatic rings. The third-order valence-corrected chi connectivity index (χ3v) is 13.7. The number of rotatable bonds is 14. The lowest BCUT2D eigenvalue weighted by molar-refractivity contribution is -0.385. The fraction of sp³-hybridized carbons (Fsp3) is 0.521. The minimum Gasteiger partial charge on any atom is -0.457 e. The molecule has 1 aromatic heterocycles. The number of carbonyl (C=O) groups is 6. The monoisotopic (exact) mass is 931 g/mol. The number of aliphatic hydroxyl groups excluding tert-OH is 1. The largest absolute Gasteiger partial charge is 0.508 e. The van der Waals surface area contributed by atoms with Crippen molar-refractivity contribution in [1.29, 1.82) is 0 Å². The number of cyclic esters (lactones) is 1. The summed E-state index contributed by atoms with van der Waals surface area (Å²) >= 11 is 1.56. The summed E-state index contributed by atoms with van der Waals surface area (Å²) in [6, 6.07) is 9.49. The van der Waals surface area contributed by atoms with Gasteiger partial charge < -0.3 is 28.8 Å². The maximum atomic E-state index is 14.5. The van der Waals surface area contributed by atoms with Crippen LogP contribution in [0.15, 0.2) is 61.2 Å². The molecule has 2 aromatic carbocycles. The molecule has 0 bridgehead atoms. The van der Waals surface area contributed by atoms with Crippen LogP contribution in [0.1, 0.15) is 114 Å². The van der Waals surface area contributed by atoms with Gasteiger partial charge in [0.15, 0.2) is 0 Å². The topological polar surface area (TPSA) is 231 Å². The molecule has 3 aliphatic heterocycles. The Hall–Kier alpha value is -5.85. The standard InChI is InChI=1S/C48H57N3O14S/c1-7-12-32-44(64-46(58)61-27-30-15-17-35(34(23-30)51(59)60)62-42(55)14-9-8-10-22-50-40(53)19-20-41(50)54)28(2)13-11-21-48(6)39(65-48)25-36(31-16-18-37-33(24-31)49-29(3)66-37)63-43(56)26-38(52)47(4,5)45(32)57/h7,15-20,23-24,28,32,36,38-39,44,52H,1,8-14,21-22,25-27H2,2-6H3/t28-,32+,36-,38-,39+,44-,48-/m0/s1. The van der Waals surface area contributed by atoms with Gasteiger partial charge in [0, 0.05) is 37.6 Å². The number of nitrogens with zero attached hydrogens (tertiary/aromatic N) is 3. The lowest BCUT2D eigenvalue weighted by atomic mass is 9.71. The summed E-state index contributed by atoms with van der Waals surface area (Å²) in [6.07, 6.45) is 2.28. The quantitative estimate of drug-likeness (QED) is 0.0235. The van der Waals surface area contributed by atoms with Crippen molar-refractivity contribution in [2.45, 2.75) is 135 Å². The third-order valence-electron chi connectivity index (χ3n) is 12.7. The number of unbranched alkanes of at least 4 members (excludes halogenated alkanes) is 2. The molecule has 4 heterocycles. The highest BCUT2D eigenvalue weighted by Gasteiger charge is 2.53. The van der Waals surface area contributed by atoms with Crippen LogP contribution >= 0.6 is 11.3 Å². The van der Waals surface area contributed by atoms with Gasteiger partial charge in [-0.15, -0.1) is 17.9 Å². The molecule has 354 valence electrons. The summed E-state index contributed by atoms with van der Waals surface area (Å²) in [5, 5.41) is 24.5. The number of fused-ring (bicyclic) bond motifs is 2. The summed E-state index contributed by atoms with van der Waals surface area (Å²) in [6.45, 7) is 12.4. The predicted octanol–water partition coefficient (Wildman–Crippen LogP) is 8.12. The van der Waals surface area contributed by atoms with Crippen molar-refractivity contribution >= 4 is 62.9 Å². The number of carbonyl (C=O) groups excluding carboxylic acids is 6. The second kappa shape index (κ2) is 21.2. The number of aromatic nitrogens is 1. The second-order valence-corrected chi connectivity index (χ2v) is 19.3. The van der Waals surface area contributed by atoms with Crippen molar-refractivity contribution < 1.29 is 62.5 Å². The van der Waals surface area contributed by atoms with E-state index in [1.165, 1.54) is 44.2 Å². The number of allylic oxidation sites excluding steroid dienone is 1. The van der Waals surface area contributed by atoms with Crippen LogP contribution in [0.2, 0.25) is 0 Å². The molecular formula is C48H57N3O14S. The number of imide groups is 1. The van der Waals surface area contributed by atoms with Gasteiger partial charge in [-0.25, -0.2) is 9.78 Å². The Morgan fingerprint density at radius 2 is 1.82 bits per heavy atom. The van der Waals surface area contributed by atoms with Crippen molar-refractivity contribution in [3.8, 4) is 5.75 Å². The number of esters is 2. The maximum absolute atomic E-state index is 14.5. The molecule has 0 radical (unpaired) electrons. The van der Waals surface area contributed by atoms with E-state index in [4.69, 9.17) is 23.7 Å². The second-order valence-electron chi connectivity index (χ2n) is 18.0. The molecule has 0 saturated carbocycles. The molecule has 17 nitrogen and oxygen atoms in total. The van der Waals surface area contributed by atoms with Crippen LogP contribution in [0, 0.1) is 34.3 Å². The van der Waals surface area contributed by atoms with Crippen LogP contribution in [0.4, 0.5) is 10.5 Å². The molecule has 2 fully saturated rings. The van der Waals surface area contributed by atoms with Crippen LogP contribution in [0.5, 0.6) is 5.75 Å². The molecule has 7 atom stereocenters. The van der Waals surface area contributed by atoms with Gasteiger partial charge in [-0.05, 0) is 81.2 Å². The lowest BCUT2D eigenvalue weighted by Gasteiger charge is -2.37. The smallest absolute Gasteiger partial charge is 0.457 e. The van der Waals surface area contributed by atoms with Gasteiger partial charge in [-0.1, -0.05) is 51.8 Å². The summed E-state index contributed by atoms with van der Waals surface area (Å²) in [5.41, 5.74) is -0.849. The number of hydrogen-bond donors (Lipinski definition) is 1. The van der Waals surface area contributed by atoms with E-state index in [2.05, 4.69) is 11.6 Å². The average molecular weight is 932 g/mol. The molecule has 0 unspecified atom stereocenters. The molecule has 0 aliphatic carbocycles. The van der Waals surface area contributed by atoms with E-state index >= 15 is 0 Å². The first kappa shape index (κ1) is 49.6. The Balaban J connectivity index is 1.11. The summed E-state index contributed by atoms with van der Waals surface area (Å²) in [4.78, 5) is 94.6. The average Bonchev–Trinajstić information content (AvgIpc) is 3.54. The lowest BCUT2D eigenvalue weighted by Crippen LogP contribution is -2.47. The highest BCUT2D eigenvalue weighted by molar-refractivity contribution is 7.18. The molecule has 1 N–H and O–H groups in total. The highest BCUT2D eigenvalue weighted by Crippen LogP contribution is 2.47. The van der Waals surface area contributed by atoms with Gasteiger partial charge in [0.1, 0.15) is 24.6 Å². The molecular weight excluding hydrogens is 875 g/mol. The number of aliphatic hydroxyl groups is 1. The zero-order chi connectivity index (χ0) is 47.9. The van der Waals surface area contributed by atoms with Crippen LogP contribution in [0.25, 0.3) is 10.2 Å². The maximum Gasteiger partial charge on any atom is 0.508 e. The Morgan fingerprint density at radius 1 is 1.08 bits per heavy atom. The molecule has 18 heteroatoms. The third kappa shape index (κ3) is 12.1. The molecule has 0 spiro atoms. The van der Waals surface area contributed by atoms with E-state index in [1.807, 2.05) is 39.0 Å². The van der Waals surface area contributed by atoms with Gasteiger partial charge in [0.25, 0.3) is 11.8 Å². The molecule has 2 amide bonds. The first-order valence-electron chi connectivity index (χ1n) is 22.2. The summed E-state index contributed by atoms with van der Waals surface area (Å²) in [5.74, 6) is -4.39. The number of hydrogen-bond acceptors (Lipinski definition) is 16. The van der Waals surface area contributed by atoms with E-state index in [0.717, 1.165) is 31.8 Å². The zero-order valence-electron chi connectivity index (χ0n) is 37.9. The van der Waals surface area contributed by atoms with Crippen molar-refractivity contribution in [1.82, 2.24) is 9.88 Å². The molecule has 66 heavy (non-hydrogen) atoms. The fourth-order valence-corrected chi connectivity index (χ4v) is 9.40. The normalized spacial score (nSPS) is 25.8. The Labute approximate surface area is 386 Å². The summed E-state index contributed by atoms with van der Waals surface area (Å²) < 4.78 is 30.0. The Bertz CT molecular complexity index is 2380. The van der Waals surface area contributed by atoms with Crippen LogP contribution in [0.3, 0.4) is 0 Å². The zero-order valence-corrected chi connectivity index (χ0v) is 38.7. The molecule has 6 rings (SSSR count). The first-order valence-corrected chi connectivity index (χ1v) is 23.0. The van der Waals surface area contributed by atoms with Crippen LogP contribution in [-0.2, 0) is 49.5 Å². The number of Topliss-reactive ketones (excluding diaryl/α,β-unsaturated/α-hetero) is 1. The number of benzene rings is 2. The van der Waals surface area contributed by atoms with Crippen molar-refractivity contribution in [2.24, 2.45) is 17.3 Å². The number of thiazole rings is 1. The highest BCUT2D eigenvalue weighted by atomic mass is 32.1. The number of epoxide rings is 1. The Kier molecular flexibility index (Phi) is 15.9. The molecule has 2 saturated heterocycles. The number of ether oxygens (including phenoxy) is 5. The first-order chi connectivity index (χ1) is 31.3. The van der Waals surface area contributed by atoms with E-state index < -0.39 is 88.7 Å². The van der Waals surface area contributed by atoms with Crippen LogP contribution in [-0.4, -0.2) is 86.1 Å². The van der Waals surface area contributed by atoms with Gasteiger partial charge >= 0.3 is 23.8 Å². The van der Waals surface area contributed by atoms with E-state index in [-0.39, 0.29) is 48.6 Å². The van der Waals surface area contributed by atoms with Gasteiger partial charge in [-0.2, -0.15) is 0 Å². The number of ketones is 1. The van der Waals surface area contributed by atoms with Gasteiger partial charge in [-0.3, -0.25) is 39.0 Å². The van der Waals surface area contributed by atoms with Gasteiger partial charge in [0.2, 0.25) is 5.75 Å². The fourth-order valence-electron chi connectivity index (χ4n) is 8.59. The van der Waals surface area contributed by atoms with Crippen molar-refractivity contribution in [3.05, 3.63) is 87.5 Å². The predicted molar refractivity (Wildman–Crippen MR) is 240 cm³/mol. The molecule has 3 aliphatic rings. The van der Waals surface area contributed by atoms with Crippen molar-refractivity contribution in [2.75, 3.05) is 6.54 Å². The van der Waals surface area contributed by atoms with Crippen molar-refractivity contribution in [3.63, 3.8) is 0 Å².